The van der Waals surface area contributed by atoms with Crippen LogP contribution in [-0.2, 0) is 9.59 Å². The number of rotatable bonds is 14. The standard InChI is InChI=1S/C48H82N4O3/c1-37(2)46(51-43-32-30-41(31-33-43)39-23-18-14-10-8-5-9-11-15-19-24-39)47(54)52-44(27-22-34-50-48(49)55)45(53)36-38-28-29-42(35-38)40-25-20-16-12-6-3-4-7-13-17-21-26-40/h30-33,37-40,42,44,46,51H,3-29,34-36H2,1-2H3,(H,52,54)(H3,49,50,55)/t38?,42?,44-,46-/m1/s1. The predicted molar refractivity (Wildman–Crippen MR) is 230 cm³/mol. The van der Waals surface area contributed by atoms with E-state index in [-0.39, 0.29) is 17.6 Å². The Morgan fingerprint density at radius 3 is 1.67 bits per heavy atom. The lowest BCUT2D eigenvalue weighted by Crippen LogP contribution is -2.50. The normalized spacial score (nSPS) is 23.5. The van der Waals surface area contributed by atoms with E-state index in [0.717, 1.165) is 30.4 Å². The van der Waals surface area contributed by atoms with Crippen molar-refractivity contribution in [2.75, 3.05) is 11.9 Å². The fraction of sp³-hybridized carbons (Fsp3) is 0.812. The third kappa shape index (κ3) is 17.6. The summed E-state index contributed by atoms with van der Waals surface area (Å²) in [7, 11) is 0. The first-order valence-electron chi connectivity index (χ1n) is 23.5. The summed E-state index contributed by atoms with van der Waals surface area (Å²) >= 11 is 0. The first-order valence-corrected chi connectivity index (χ1v) is 23.5. The van der Waals surface area contributed by atoms with Gasteiger partial charge in [-0.2, -0.15) is 0 Å². The fourth-order valence-electron chi connectivity index (χ4n) is 10.2. The fourth-order valence-corrected chi connectivity index (χ4v) is 10.2. The highest BCUT2D eigenvalue weighted by Gasteiger charge is 2.34. The molecule has 3 aliphatic carbocycles. The minimum absolute atomic E-state index is 0.0316. The van der Waals surface area contributed by atoms with Crippen LogP contribution in [-0.4, -0.2) is 36.3 Å². The summed E-state index contributed by atoms with van der Waals surface area (Å²) < 4.78 is 0. The molecule has 7 heteroatoms. The highest BCUT2D eigenvalue weighted by molar-refractivity contribution is 5.92. The molecule has 0 aromatic heterocycles. The molecule has 0 bridgehead atoms. The Kier molecular flexibility index (Phi) is 21.6. The number of Topliss-reactive ketones (excluding diaryl/α,β-unsaturated/α-hetero) is 1. The Morgan fingerprint density at radius 1 is 0.655 bits per heavy atom. The van der Waals surface area contributed by atoms with Gasteiger partial charge in [-0.05, 0) is 92.2 Å². The summed E-state index contributed by atoms with van der Waals surface area (Å²) in [6, 6.07) is 7.23. The number of hydrogen-bond acceptors (Lipinski definition) is 4. The number of amides is 3. The molecule has 0 heterocycles. The van der Waals surface area contributed by atoms with Gasteiger partial charge in [0.15, 0.2) is 5.78 Å². The van der Waals surface area contributed by atoms with Crippen LogP contribution < -0.4 is 21.7 Å². The lowest BCUT2D eigenvalue weighted by Gasteiger charge is -2.27. The first kappa shape index (κ1) is 45.1. The molecule has 1 aromatic carbocycles. The Labute approximate surface area is 336 Å². The van der Waals surface area contributed by atoms with Gasteiger partial charge in [-0.25, -0.2) is 4.79 Å². The average molecular weight is 763 g/mol. The Balaban J connectivity index is 1.34. The van der Waals surface area contributed by atoms with Crippen LogP contribution in [0.3, 0.4) is 0 Å². The molecule has 3 saturated carbocycles. The minimum Gasteiger partial charge on any atom is -0.373 e. The molecule has 3 aliphatic rings. The number of urea groups is 1. The van der Waals surface area contributed by atoms with Gasteiger partial charge in [-0.3, -0.25) is 9.59 Å². The van der Waals surface area contributed by atoms with Crippen molar-refractivity contribution < 1.29 is 14.4 Å². The van der Waals surface area contributed by atoms with Gasteiger partial charge in [0.25, 0.3) is 0 Å². The molecule has 312 valence electrons. The van der Waals surface area contributed by atoms with Crippen molar-refractivity contribution in [1.29, 1.82) is 0 Å². The van der Waals surface area contributed by atoms with Gasteiger partial charge < -0.3 is 21.7 Å². The molecule has 1 aromatic rings. The van der Waals surface area contributed by atoms with Crippen molar-refractivity contribution in [1.82, 2.24) is 10.6 Å². The Bertz CT molecular complexity index is 1190. The zero-order chi connectivity index (χ0) is 39.1. The van der Waals surface area contributed by atoms with Crippen LogP contribution in [0.5, 0.6) is 0 Å². The average Bonchev–Trinajstić information content (AvgIpc) is 3.63. The van der Waals surface area contributed by atoms with Gasteiger partial charge in [-0.15, -0.1) is 0 Å². The molecule has 5 N–H and O–H groups in total. The van der Waals surface area contributed by atoms with E-state index in [1.807, 2.05) is 0 Å². The lowest BCUT2D eigenvalue weighted by atomic mass is 9.81. The summed E-state index contributed by atoms with van der Waals surface area (Å²) in [5.41, 5.74) is 7.69. The van der Waals surface area contributed by atoms with Crippen molar-refractivity contribution in [3.05, 3.63) is 29.8 Å². The summed E-state index contributed by atoms with van der Waals surface area (Å²) in [6.07, 6.45) is 36.4. The summed E-state index contributed by atoms with van der Waals surface area (Å²) in [6.45, 7) is 4.51. The van der Waals surface area contributed by atoms with Gasteiger partial charge in [0.05, 0.1) is 6.04 Å². The maximum atomic E-state index is 14.0. The molecule has 4 atom stereocenters. The van der Waals surface area contributed by atoms with Crippen LogP contribution in [0, 0.1) is 23.7 Å². The Hall–Kier alpha value is -2.57. The number of carbonyl (C=O) groups excluding carboxylic acids is 3. The van der Waals surface area contributed by atoms with E-state index in [1.54, 1.807) is 0 Å². The molecular weight excluding hydrogens is 681 g/mol. The number of benzene rings is 1. The van der Waals surface area contributed by atoms with Gasteiger partial charge >= 0.3 is 6.03 Å². The van der Waals surface area contributed by atoms with Gasteiger partial charge in [0.1, 0.15) is 6.04 Å². The van der Waals surface area contributed by atoms with Gasteiger partial charge in [0.2, 0.25) is 5.91 Å². The quantitative estimate of drug-likeness (QED) is 0.141. The van der Waals surface area contributed by atoms with E-state index < -0.39 is 18.1 Å². The second-order valence-corrected chi connectivity index (χ2v) is 18.4. The van der Waals surface area contributed by atoms with Gasteiger partial charge in [-0.1, -0.05) is 161 Å². The molecule has 55 heavy (non-hydrogen) atoms. The third-order valence-corrected chi connectivity index (χ3v) is 13.6. The number of carbonyl (C=O) groups is 3. The van der Waals surface area contributed by atoms with Crippen molar-refractivity contribution >= 4 is 23.4 Å². The smallest absolute Gasteiger partial charge is 0.312 e. The number of ketones is 1. The Morgan fingerprint density at radius 2 is 1.16 bits per heavy atom. The highest BCUT2D eigenvalue weighted by Crippen LogP contribution is 2.42. The molecule has 0 aliphatic heterocycles. The van der Waals surface area contributed by atoms with Crippen LogP contribution in [0.1, 0.15) is 212 Å². The maximum Gasteiger partial charge on any atom is 0.312 e. The molecule has 2 unspecified atom stereocenters. The number of hydrogen-bond donors (Lipinski definition) is 4. The van der Waals surface area contributed by atoms with Crippen LogP contribution in [0.4, 0.5) is 10.5 Å². The van der Waals surface area contributed by atoms with Crippen molar-refractivity contribution in [2.45, 2.75) is 218 Å². The predicted octanol–water partition coefficient (Wildman–Crippen LogP) is 12.1. The molecule has 3 amide bonds. The maximum absolute atomic E-state index is 14.0. The van der Waals surface area contributed by atoms with Gasteiger partial charge in [0, 0.05) is 18.7 Å². The SMILES string of the molecule is CC(C)[C@@H](Nc1ccc(C2CCCCCCCCCCC2)cc1)C(=O)N[C@H](CCCNC(N)=O)C(=O)CC1CCC(C2CCCCCCCCCCCC2)C1. The lowest BCUT2D eigenvalue weighted by molar-refractivity contribution is -0.129. The zero-order valence-electron chi connectivity index (χ0n) is 35.4. The molecule has 7 nitrogen and oxygen atoms in total. The third-order valence-electron chi connectivity index (χ3n) is 13.6. The molecule has 4 rings (SSSR count). The number of nitrogens with one attached hydrogen (secondary N) is 3. The molecular formula is C48H82N4O3. The summed E-state index contributed by atoms with van der Waals surface area (Å²) in [4.78, 5) is 39.4. The molecule has 0 radical (unpaired) electrons. The summed E-state index contributed by atoms with van der Waals surface area (Å²) in [5.74, 6) is 2.56. The van der Waals surface area contributed by atoms with Crippen LogP contribution in [0.25, 0.3) is 0 Å². The van der Waals surface area contributed by atoms with E-state index in [4.69, 9.17) is 5.73 Å². The van der Waals surface area contributed by atoms with Crippen LogP contribution in [0.2, 0.25) is 0 Å². The highest BCUT2D eigenvalue weighted by atomic mass is 16.2. The van der Waals surface area contributed by atoms with Crippen LogP contribution in [0.15, 0.2) is 24.3 Å². The van der Waals surface area contributed by atoms with E-state index in [0.29, 0.717) is 37.6 Å². The number of primary amides is 1. The van der Waals surface area contributed by atoms with Crippen LogP contribution >= 0.6 is 0 Å². The second kappa shape index (κ2) is 26.4. The molecule has 0 spiro atoms. The first-order chi connectivity index (χ1) is 26.8. The monoisotopic (exact) mass is 763 g/mol. The van der Waals surface area contributed by atoms with E-state index in [9.17, 15) is 14.4 Å². The second-order valence-electron chi connectivity index (χ2n) is 18.4. The van der Waals surface area contributed by atoms with E-state index >= 15 is 0 Å². The minimum atomic E-state index is -0.571. The number of nitrogens with two attached hydrogens (primary N) is 1. The van der Waals surface area contributed by atoms with E-state index in [1.165, 1.54) is 160 Å². The topological polar surface area (TPSA) is 113 Å². The molecule has 3 fully saturated rings. The summed E-state index contributed by atoms with van der Waals surface area (Å²) in [5, 5.41) is 9.40. The van der Waals surface area contributed by atoms with Crippen molar-refractivity contribution in [3.8, 4) is 0 Å². The zero-order valence-corrected chi connectivity index (χ0v) is 35.4. The van der Waals surface area contributed by atoms with Crippen molar-refractivity contribution in [2.24, 2.45) is 29.4 Å². The molecule has 0 saturated heterocycles. The largest absolute Gasteiger partial charge is 0.373 e. The van der Waals surface area contributed by atoms with E-state index in [2.05, 4.69) is 54.1 Å². The van der Waals surface area contributed by atoms with Crippen molar-refractivity contribution in [3.63, 3.8) is 0 Å². The number of anilines is 1.